The summed E-state index contributed by atoms with van der Waals surface area (Å²) in [5.74, 6) is 0.186. The van der Waals surface area contributed by atoms with Crippen molar-refractivity contribution in [3.05, 3.63) is 53.9 Å². The van der Waals surface area contributed by atoms with E-state index in [2.05, 4.69) is 9.97 Å². The number of aryl methyl sites for hydroxylation is 1. The quantitative estimate of drug-likeness (QED) is 0.832. The van der Waals surface area contributed by atoms with E-state index < -0.39 is 5.91 Å². The number of primary amides is 1. The van der Waals surface area contributed by atoms with Gasteiger partial charge in [-0.15, -0.1) is 0 Å². The summed E-state index contributed by atoms with van der Waals surface area (Å²) in [5.41, 5.74) is 7.60. The molecule has 1 heterocycles. The molecule has 1 aromatic carbocycles. The van der Waals surface area contributed by atoms with E-state index >= 15 is 0 Å². The fourth-order valence-electron chi connectivity index (χ4n) is 1.54. The van der Waals surface area contributed by atoms with Gasteiger partial charge in [-0.3, -0.25) is 4.79 Å². The minimum atomic E-state index is -0.485. The number of aromatic nitrogens is 2. The molecule has 2 N–H and O–H groups in total. The summed E-state index contributed by atoms with van der Waals surface area (Å²) >= 11 is 0. The number of carbonyl (C=O) groups excluding carboxylic acids is 1. The average Bonchev–Trinajstić information content (AvgIpc) is 2.38. The molecule has 0 fully saturated rings. The molecule has 0 radical (unpaired) electrons. The molecule has 0 bridgehead atoms. The third-order valence-electron chi connectivity index (χ3n) is 2.48. The highest BCUT2D eigenvalue weighted by Gasteiger charge is 2.03. The molecule has 1 amide bonds. The molecule has 0 saturated carbocycles. The van der Waals surface area contributed by atoms with E-state index in [1.54, 1.807) is 12.3 Å². The molecule has 0 saturated heterocycles. The number of hydrogen-bond donors (Lipinski definition) is 1. The fraction of sp³-hybridized carbons (Fsp3) is 0.0714. The standard InChI is InChI=1S/C14H13N3O/c1-10-12(7-8-13(15)18)9-16-14(17-10)11-5-3-2-4-6-11/h2-9H,1H3,(H2,15,18)/b8-7+. The van der Waals surface area contributed by atoms with Gasteiger partial charge in [-0.25, -0.2) is 9.97 Å². The number of benzene rings is 1. The molecule has 1 aromatic heterocycles. The van der Waals surface area contributed by atoms with Crippen LogP contribution in [0.15, 0.2) is 42.6 Å². The molecule has 0 atom stereocenters. The van der Waals surface area contributed by atoms with Gasteiger partial charge in [-0.05, 0) is 13.0 Å². The predicted molar refractivity (Wildman–Crippen MR) is 70.4 cm³/mol. The van der Waals surface area contributed by atoms with Crippen LogP contribution in [0.5, 0.6) is 0 Å². The zero-order valence-corrected chi connectivity index (χ0v) is 10.00. The molecule has 2 aromatic rings. The van der Waals surface area contributed by atoms with Gasteiger partial charge >= 0.3 is 0 Å². The van der Waals surface area contributed by atoms with Crippen molar-refractivity contribution < 1.29 is 4.79 Å². The van der Waals surface area contributed by atoms with E-state index in [0.29, 0.717) is 5.82 Å². The van der Waals surface area contributed by atoms with E-state index in [4.69, 9.17) is 5.73 Å². The van der Waals surface area contributed by atoms with Crippen LogP contribution in [0.4, 0.5) is 0 Å². The summed E-state index contributed by atoms with van der Waals surface area (Å²) in [6.07, 6.45) is 4.60. The summed E-state index contributed by atoms with van der Waals surface area (Å²) in [5, 5.41) is 0. The maximum atomic E-state index is 10.7. The van der Waals surface area contributed by atoms with Gasteiger partial charge in [0.2, 0.25) is 5.91 Å². The minimum absolute atomic E-state index is 0.485. The van der Waals surface area contributed by atoms with Gasteiger partial charge in [0.15, 0.2) is 5.82 Å². The van der Waals surface area contributed by atoms with Crippen molar-refractivity contribution in [2.24, 2.45) is 5.73 Å². The zero-order valence-electron chi connectivity index (χ0n) is 10.00. The first kappa shape index (κ1) is 12.0. The summed E-state index contributed by atoms with van der Waals surface area (Å²) in [4.78, 5) is 19.3. The smallest absolute Gasteiger partial charge is 0.241 e. The Morgan fingerprint density at radius 3 is 2.61 bits per heavy atom. The maximum absolute atomic E-state index is 10.7. The third kappa shape index (κ3) is 2.79. The fourth-order valence-corrected chi connectivity index (χ4v) is 1.54. The second-order valence-corrected chi connectivity index (χ2v) is 3.84. The Morgan fingerprint density at radius 1 is 1.28 bits per heavy atom. The number of nitrogens with two attached hydrogens (primary N) is 1. The summed E-state index contributed by atoms with van der Waals surface area (Å²) in [6.45, 7) is 1.87. The Bertz CT molecular complexity index is 591. The van der Waals surface area contributed by atoms with Crippen molar-refractivity contribution in [2.45, 2.75) is 6.92 Å². The highest BCUT2D eigenvalue weighted by Crippen LogP contribution is 2.16. The number of hydrogen-bond acceptors (Lipinski definition) is 3. The van der Waals surface area contributed by atoms with Crippen LogP contribution in [0.1, 0.15) is 11.3 Å². The molecular formula is C14H13N3O. The molecule has 0 aliphatic rings. The molecule has 0 spiro atoms. The van der Waals surface area contributed by atoms with Crippen LogP contribution in [-0.4, -0.2) is 15.9 Å². The van der Waals surface area contributed by atoms with E-state index in [0.717, 1.165) is 16.8 Å². The lowest BCUT2D eigenvalue weighted by Gasteiger charge is -2.03. The van der Waals surface area contributed by atoms with E-state index in [9.17, 15) is 4.79 Å². The Labute approximate surface area is 105 Å². The molecule has 0 aliphatic heterocycles. The van der Waals surface area contributed by atoms with E-state index in [-0.39, 0.29) is 0 Å². The second-order valence-electron chi connectivity index (χ2n) is 3.84. The van der Waals surface area contributed by atoms with Crippen molar-refractivity contribution in [1.82, 2.24) is 9.97 Å². The number of rotatable bonds is 3. The van der Waals surface area contributed by atoms with Crippen LogP contribution in [0.3, 0.4) is 0 Å². The highest BCUT2D eigenvalue weighted by molar-refractivity contribution is 5.90. The van der Waals surface area contributed by atoms with Crippen LogP contribution in [-0.2, 0) is 4.79 Å². The lowest BCUT2D eigenvalue weighted by Crippen LogP contribution is -2.05. The maximum Gasteiger partial charge on any atom is 0.241 e. The van der Waals surface area contributed by atoms with Crippen molar-refractivity contribution in [3.8, 4) is 11.4 Å². The van der Waals surface area contributed by atoms with Crippen molar-refractivity contribution in [1.29, 1.82) is 0 Å². The average molecular weight is 239 g/mol. The van der Waals surface area contributed by atoms with Gasteiger partial charge in [0.1, 0.15) is 0 Å². The number of nitrogens with zero attached hydrogens (tertiary/aromatic N) is 2. The molecule has 4 nitrogen and oxygen atoms in total. The first-order valence-electron chi connectivity index (χ1n) is 5.53. The molecule has 4 heteroatoms. The van der Waals surface area contributed by atoms with Crippen LogP contribution >= 0.6 is 0 Å². The van der Waals surface area contributed by atoms with Crippen LogP contribution in [0, 0.1) is 6.92 Å². The summed E-state index contributed by atoms with van der Waals surface area (Å²) in [7, 11) is 0. The molecule has 90 valence electrons. The van der Waals surface area contributed by atoms with Crippen LogP contribution in [0.25, 0.3) is 17.5 Å². The van der Waals surface area contributed by atoms with Crippen molar-refractivity contribution >= 4 is 12.0 Å². The Balaban J connectivity index is 2.34. The van der Waals surface area contributed by atoms with E-state index in [1.165, 1.54) is 6.08 Å². The second kappa shape index (κ2) is 5.23. The highest BCUT2D eigenvalue weighted by atomic mass is 16.1. The van der Waals surface area contributed by atoms with Crippen molar-refractivity contribution in [2.75, 3.05) is 0 Å². The van der Waals surface area contributed by atoms with Gasteiger partial charge in [0.25, 0.3) is 0 Å². The topological polar surface area (TPSA) is 68.9 Å². The predicted octanol–water partition coefficient (Wildman–Crippen LogP) is 1.95. The molecule has 18 heavy (non-hydrogen) atoms. The molecular weight excluding hydrogens is 226 g/mol. The Hall–Kier alpha value is -2.49. The third-order valence-corrected chi connectivity index (χ3v) is 2.48. The summed E-state index contributed by atoms with van der Waals surface area (Å²) < 4.78 is 0. The molecule has 2 rings (SSSR count). The Morgan fingerprint density at radius 2 is 2.00 bits per heavy atom. The first-order chi connectivity index (χ1) is 8.66. The lowest BCUT2D eigenvalue weighted by atomic mass is 10.2. The normalized spacial score (nSPS) is 10.7. The van der Waals surface area contributed by atoms with Gasteiger partial charge < -0.3 is 5.73 Å². The van der Waals surface area contributed by atoms with Crippen LogP contribution in [0.2, 0.25) is 0 Å². The van der Waals surface area contributed by atoms with Gasteiger partial charge in [0.05, 0.1) is 0 Å². The Kier molecular flexibility index (Phi) is 3.48. The first-order valence-corrected chi connectivity index (χ1v) is 5.53. The summed E-state index contributed by atoms with van der Waals surface area (Å²) in [6, 6.07) is 9.73. The SMILES string of the molecule is Cc1nc(-c2ccccc2)ncc1/C=C/C(N)=O. The van der Waals surface area contributed by atoms with Crippen LogP contribution < -0.4 is 5.73 Å². The van der Waals surface area contributed by atoms with Gasteiger partial charge in [-0.1, -0.05) is 30.3 Å². The van der Waals surface area contributed by atoms with Crippen molar-refractivity contribution in [3.63, 3.8) is 0 Å². The number of amides is 1. The minimum Gasteiger partial charge on any atom is -0.366 e. The number of carbonyl (C=O) groups is 1. The zero-order chi connectivity index (χ0) is 13.0. The monoisotopic (exact) mass is 239 g/mol. The largest absolute Gasteiger partial charge is 0.366 e. The molecule has 0 unspecified atom stereocenters. The van der Waals surface area contributed by atoms with Gasteiger partial charge in [0, 0.05) is 29.1 Å². The lowest BCUT2D eigenvalue weighted by molar-refractivity contribution is -0.113. The van der Waals surface area contributed by atoms with Gasteiger partial charge in [-0.2, -0.15) is 0 Å². The molecule has 0 aliphatic carbocycles. The van der Waals surface area contributed by atoms with E-state index in [1.807, 2.05) is 37.3 Å².